The third-order valence-electron chi connectivity index (χ3n) is 4.58. The number of aliphatic hydroxyl groups excluding tert-OH is 1. The standard InChI is InChI=1S/C18H23N3O2/c1-14-4-2-3-5-16(14)17-19-10-15(11-20-17)12-21-8-6-18(23,13-22)7-9-21/h2-5,10-11,22-23H,6-9,12-13H2,1H3. The number of benzene rings is 1. The Hall–Kier alpha value is -1.82. The molecule has 1 aliphatic heterocycles. The van der Waals surface area contributed by atoms with Gasteiger partial charge in [0.25, 0.3) is 0 Å². The van der Waals surface area contributed by atoms with Crippen LogP contribution < -0.4 is 0 Å². The molecule has 0 amide bonds. The summed E-state index contributed by atoms with van der Waals surface area (Å²) in [6, 6.07) is 8.10. The van der Waals surface area contributed by atoms with Crippen molar-refractivity contribution in [1.29, 1.82) is 0 Å². The predicted molar refractivity (Wildman–Crippen MR) is 88.8 cm³/mol. The van der Waals surface area contributed by atoms with E-state index in [2.05, 4.69) is 27.9 Å². The van der Waals surface area contributed by atoms with Crippen LogP contribution in [0.3, 0.4) is 0 Å². The number of rotatable bonds is 4. The van der Waals surface area contributed by atoms with Crippen molar-refractivity contribution >= 4 is 0 Å². The lowest BCUT2D eigenvalue weighted by atomic mass is 9.92. The molecule has 1 aliphatic rings. The summed E-state index contributed by atoms with van der Waals surface area (Å²) in [6.07, 6.45) is 4.96. The molecular weight excluding hydrogens is 290 g/mol. The molecule has 0 atom stereocenters. The first-order valence-electron chi connectivity index (χ1n) is 8.02. The number of aliphatic hydroxyl groups is 2. The van der Waals surface area contributed by atoms with E-state index in [9.17, 15) is 10.2 Å². The van der Waals surface area contributed by atoms with Crippen molar-refractivity contribution in [3.63, 3.8) is 0 Å². The first-order valence-corrected chi connectivity index (χ1v) is 8.02. The van der Waals surface area contributed by atoms with Crippen LogP contribution in [-0.2, 0) is 6.54 Å². The molecule has 0 unspecified atom stereocenters. The SMILES string of the molecule is Cc1ccccc1-c1ncc(CN2CCC(O)(CO)CC2)cn1. The van der Waals surface area contributed by atoms with E-state index in [1.807, 2.05) is 30.6 Å². The summed E-state index contributed by atoms with van der Waals surface area (Å²) in [6.45, 7) is 4.22. The van der Waals surface area contributed by atoms with Gasteiger partial charge in [-0.15, -0.1) is 0 Å². The quantitative estimate of drug-likeness (QED) is 0.900. The Kier molecular flexibility index (Phi) is 4.71. The summed E-state index contributed by atoms with van der Waals surface area (Å²) >= 11 is 0. The third kappa shape index (κ3) is 3.75. The van der Waals surface area contributed by atoms with E-state index in [0.29, 0.717) is 12.8 Å². The number of hydrogen-bond acceptors (Lipinski definition) is 5. The van der Waals surface area contributed by atoms with Crippen LogP contribution in [0.25, 0.3) is 11.4 Å². The lowest BCUT2D eigenvalue weighted by molar-refractivity contribution is -0.0606. The molecule has 2 N–H and O–H groups in total. The number of nitrogens with zero attached hydrogens (tertiary/aromatic N) is 3. The third-order valence-corrected chi connectivity index (χ3v) is 4.58. The van der Waals surface area contributed by atoms with Crippen molar-refractivity contribution in [2.75, 3.05) is 19.7 Å². The zero-order valence-corrected chi connectivity index (χ0v) is 13.4. The molecule has 122 valence electrons. The van der Waals surface area contributed by atoms with Gasteiger partial charge in [0.15, 0.2) is 5.82 Å². The fourth-order valence-electron chi connectivity index (χ4n) is 2.94. The van der Waals surface area contributed by atoms with Crippen LogP contribution in [0.1, 0.15) is 24.0 Å². The minimum Gasteiger partial charge on any atom is -0.393 e. The normalized spacial score (nSPS) is 18.0. The number of aromatic nitrogens is 2. The molecule has 3 rings (SSSR count). The molecule has 1 saturated heterocycles. The molecule has 1 aromatic carbocycles. The summed E-state index contributed by atoms with van der Waals surface area (Å²) in [5.74, 6) is 0.750. The van der Waals surface area contributed by atoms with Crippen LogP contribution in [0, 0.1) is 6.92 Å². The van der Waals surface area contributed by atoms with Gasteiger partial charge in [0.2, 0.25) is 0 Å². The lowest BCUT2D eigenvalue weighted by Gasteiger charge is -2.36. The van der Waals surface area contributed by atoms with E-state index in [4.69, 9.17) is 0 Å². The number of piperidine rings is 1. The maximum atomic E-state index is 10.1. The second-order valence-corrected chi connectivity index (χ2v) is 6.39. The van der Waals surface area contributed by atoms with Gasteiger partial charge in [-0.3, -0.25) is 4.90 Å². The summed E-state index contributed by atoms with van der Waals surface area (Å²) < 4.78 is 0. The van der Waals surface area contributed by atoms with Crippen LogP contribution in [-0.4, -0.2) is 50.4 Å². The van der Waals surface area contributed by atoms with Gasteiger partial charge in [-0.1, -0.05) is 24.3 Å². The Bertz CT molecular complexity index is 650. The van der Waals surface area contributed by atoms with Crippen molar-refractivity contribution < 1.29 is 10.2 Å². The van der Waals surface area contributed by atoms with Gasteiger partial charge in [-0.05, 0) is 25.3 Å². The zero-order valence-electron chi connectivity index (χ0n) is 13.4. The van der Waals surface area contributed by atoms with Crippen LogP contribution in [0.15, 0.2) is 36.7 Å². The molecule has 5 heteroatoms. The summed E-state index contributed by atoms with van der Waals surface area (Å²) in [5, 5.41) is 19.2. The Morgan fingerprint density at radius 2 is 1.78 bits per heavy atom. The number of hydrogen-bond donors (Lipinski definition) is 2. The smallest absolute Gasteiger partial charge is 0.159 e. The molecule has 0 aliphatic carbocycles. The van der Waals surface area contributed by atoms with E-state index in [0.717, 1.165) is 36.6 Å². The first-order chi connectivity index (χ1) is 11.1. The Morgan fingerprint density at radius 3 is 2.39 bits per heavy atom. The van der Waals surface area contributed by atoms with Crippen molar-refractivity contribution in [1.82, 2.24) is 14.9 Å². The largest absolute Gasteiger partial charge is 0.393 e. The Balaban J connectivity index is 1.64. The first kappa shape index (κ1) is 16.1. The molecule has 0 radical (unpaired) electrons. The minimum atomic E-state index is -0.901. The van der Waals surface area contributed by atoms with E-state index < -0.39 is 5.60 Å². The molecular formula is C18H23N3O2. The fourth-order valence-corrected chi connectivity index (χ4v) is 2.94. The topological polar surface area (TPSA) is 69.5 Å². The highest BCUT2D eigenvalue weighted by atomic mass is 16.3. The van der Waals surface area contributed by atoms with Crippen LogP contribution >= 0.6 is 0 Å². The average Bonchev–Trinajstić information content (AvgIpc) is 2.58. The van der Waals surface area contributed by atoms with Crippen molar-refractivity contribution in [3.8, 4) is 11.4 Å². The molecule has 0 spiro atoms. The van der Waals surface area contributed by atoms with E-state index >= 15 is 0 Å². The lowest BCUT2D eigenvalue weighted by Crippen LogP contribution is -2.46. The highest BCUT2D eigenvalue weighted by Crippen LogP contribution is 2.23. The molecule has 0 bridgehead atoms. The summed E-state index contributed by atoms with van der Waals surface area (Å²) in [7, 11) is 0. The van der Waals surface area contributed by atoms with E-state index in [-0.39, 0.29) is 6.61 Å². The predicted octanol–water partition coefficient (Wildman–Crippen LogP) is 1.77. The highest BCUT2D eigenvalue weighted by Gasteiger charge is 2.31. The van der Waals surface area contributed by atoms with Crippen LogP contribution in [0.5, 0.6) is 0 Å². The maximum absolute atomic E-state index is 10.1. The molecule has 5 nitrogen and oxygen atoms in total. The fraction of sp³-hybridized carbons (Fsp3) is 0.444. The van der Waals surface area contributed by atoms with Crippen molar-refractivity contribution in [2.24, 2.45) is 0 Å². The minimum absolute atomic E-state index is 0.158. The molecule has 2 heterocycles. The highest BCUT2D eigenvalue weighted by molar-refractivity contribution is 5.59. The zero-order chi connectivity index (χ0) is 16.3. The summed E-state index contributed by atoms with van der Waals surface area (Å²) in [4.78, 5) is 11.2. The molecule has 1 aromatic heterocycles. The molecule has 23 heavy (non-hydrogen) atoms. The van der Waals surface area contributed by atoms with Gasteiger partial charge >= 0.3 is 0 Å². The maximum Gasteiger partial charge on any atom is 0.159 e. The van der Waals surface area contributed by atoms with Gasteiger partial charge in [0.1, 0.15) is 0 Å². The van der Waals surface area contributed by atoms with Crippen molar-refractivity contribution in [2.45, 2.75) is 31.9 Å². The molecule has 0 saturated carbocycles. The van der Waals surface area contributed by atoms with E-state index in [1.165, 1.54) is 5.56 Å². The van der Waals surface area contributed by atoms with Gasteiger partial charge in [0.05, 0.1) is 12.2 Å². The second-order valence-electron chi connectivity index (χ2n) is 6.39. The summed E-state index contributed by atoms with van der Waals surface area (Å²) in [5.41, 5.74) is 2.39. The number of likely N-dealkylation sites (tertiary alicyclic amines) is 1. The molecule has 1 fully saturated rings. The van der Waals surface area contributed by atoms with Gasteiger partial charge in [-0.25, -0.2) is 9.97 Å². The second kappa shape index (κ2) is 6.74. The Labute approximate surface area is 136 Å². The Morgan fingerprint density at radius 1 is 1.13 bits per heavy atom. The van der Waals surface area contributed by atoms with Crippen LogP contribution in [0.2, 0.25) is 0 Å². The number of aryl methyl sites for hydroxylation is 1. The monoisotopic (exact) mass is 313 g/mol. The molecule has 2 aromatic rings. The van der Waals surface area contributed by atoms with E-state index in [1.54, 1.807) is 0 Å². The van der Waals surface area contributed by atoms with Gasteiger partial charge in [0, 0.05) is 43.2 Å². The average molecular weight is 313 g/mol. The van der Waals surface area contributed by atoms with Gasteiger partial charge < -0.3 is 10.2 Å². The van der Waals surface area contributed by atoms with Crippen molar-refractivity contribution in [3.05, 3.63) is 47.8 Å². The van der Waals surface area contributed by atoms with Crippen LogP contribution in [0.4, 0.5) is 0 Å². The van der Waals surface area contributed by atoms with Gasteiger partial charge in [-0.2, -0.15) is 0 Å².